The number of fused-ring (bicyclic) bond motifs is 1. The summed E-state index contributed by atoms with van der Waals surface area (Å²) < 4.78 is 79.7. The number of hydrogen-bond acceptors (Lipinski definition) is 4. The number of aromatic nitrogens is 1. The molecule has 3 aromatic rings. The van der Waals surface area contributed by atoms with E-state index in [4.69, 9.17) is 0 Å². The van der Waals surface area contributed by atoms with Crippen LogP contribution in [0.1, 0.15) is 36.8 Å². The van der Waals surface area contributed by atoms with Crippen LogP contribution in [0.4, 0.5) is 43.5 Å². The Balaban J connectivity index is 1.57. The van der Waals surface area contributed by atoms with Gasteiger partial charge in [-0.05, 0) is 69.0 Å². The van der Waals surface area contributed by atoms with Gasteiger partial charge in [0.2, 0.25) is 0 Å². The third kappa shape index (κ3) is 6.36. The molecule has 1 unspecified atom stereocenters. The first kappa shape index (κ1) is 25.1. The largest absolute Gasteiger partial charge is 0.418 e. The number of pyridine rings is 1. The van der Waals surface area contributed by atoms with E-state index in [-0.39, 0.29) is 11.9 Å². The number of benzene rings is 2. The van der Waals surface area contributed by atoms with Gasteiger partial charge in [0.05, 0.1) is 22.3 Å². The minimum atomic E-state index is -4.98. The Morgan fingerprint density at radius 2 is 1.74 bits per heavy atom. The highest BCUT2D eigenvalue weighted by Gasteiger charge is 2.38. The van der Waals surface area contributed by atoms with Crippen LogP contribution in [-0.4, -0.2) is 24.6 Å². The molecule has 0 amide bonds. The molecule has 0 aliphatic carbocycles. The van der Waals surface area contributed by atoms with E-state index in [0.29, 0.717) is 29.7 Å². The molecule has 10 heteroatoms. The van der Waals surface area contributed by atoms with Crippen LogP contribution in [0, 0.1) is 5.92 Å². The molecule has 0 spiro atoms. The van der Waals surface area contributed by atoms with E-state index in [1.54, 1.807) is 18.2 Å². The summed E-state index contributed by atoms with van der Waals surface area (Å²) in [6.45, 7) is 2.75. The van der Waals surface area contributed by atoms with E-state index in [0.717, 1.165) is 37.4 Å². The highest BCUT2D eigenvalue weighted by molar-refractivity contribution is 5.93. The van der Waals surface area contributed by atoms with Gasteiger partial charge in [-0.25, -0.2) is 4.98 Å². The highest BCUT2D eigenvalue weighted by atomic mass is 19.4. The van der Waals surface area contributed by atoms with Crippen LogP contribution >= 0.6 is 0 Å². The molecule has 1 aliphatic rings. The molecular formula is C25H26F6N4. The highest BCUT2D eigenvalue weighted by Crippen LogP contribution is 2.40. The zero-order valence-electron chi connectivity index (χ0n) is 18.9. The van der Waals surface area contributed by atoms with Crippen molar-refractivity contribution < 1.29 is 26.3 Å². The molecule has 2 heterocycles. The van der Waals surface area contributed by atoms with E-state index in [1.807, 2.05) is 12.1 Å². The average Bonchev–Trinajstić information content (AvgIpc) is 2.81. The van der Waals surface area contributed by atoms with Gasteiger partial charge in [-0.15, -0.1) is 0 Å². The molecule has 1 saturated heterocycles. The summed E-state index contributed by atoms with van der Waals surface area (Å²) >= 11 is 0. The lowest BCUT2D eigenvalue weighted by atomic mass is 9.95. The second-order valence-corrected chi connectivity index (χ2v) is 8.73. The Bertz CT molecular complexity index is 1150. The Morgan fingerprint density at radius 3 is 2.46 bits per heavy atom. The number of piperidine rings is 1. The molecule has 3 N–H and O–H groups in total. The molecule has 1 aliphatic heterocycles. The Labute approximate surface area is 199 Å². The molecule has 0 radical (unpaired) electrons. The molecule has 0 saturated carbocycles. The lowest BCUT2D eigenvalue weighted by Crippen LogP contribution is -2.29. The number of halogens is 6. The number of rotatable bonds is 7. The zero-order chi connectivity index (χ0) is 25.1. The third-order valence-corrected chi connectivity index (χ3v) is 6.13. The third-order valence-electron chi connectivity index (χ3n) is 6.13. The predicted octanol–water partition coefficient (Wildman–Crippen LogP) is 7.21. The fraction of sp³-hybridized carbons (Fsp3) is 0.400. The Hall–Kier alpha value is -3.01. The molecule has 4 rings (SSSR count). The fourth-order valence-electron chi connectivity index (χ4n) is 4.37. The van der Waals surface area contributed by atoms with Gasteiger partial charge >= 0.3 is 12.4 Å². The average molecular weight is 496 g/mol. The minimum absolute atomic E-state index is 0.105. The van der Waals surface area contributed by atoms with Crippen molar-refractivity contribution in [3.63, 3.8) is 0 Å². The molecule has 1 fully saturated rings. The summed E-state index contributed by atoms with van der Waals surface area (Å²) in [5.41, 5.74) is -2.02. The van der Waals surface area contributed by atoms with E-state index < -0.39 is 29.2 Å². The number of nitrogens with zero attached hydrogens (tertiary/aromatic N) is 1. The maximum atomic E-state index is 13.6. The van der Waals surface area contributed by atoms with Crippen molar-refractivity contribution in [2.24, 2.45) is 5.92 Å². The maximum Gasteiger partial charge on any atom is 0.418 e. The summed E-state index contributed by atoms with van der Waals surface area (Å²) in [7, 11) is 0. The number of alkyl halides is 6. The van der Waals surface area contributed by atoms with E-state index in [9.17, 15) is 26.3 Å². The van der Waals surface area contributed by atoms with Gasteiger partial charge in [0.1, 0.15) is 5.82 Å². The molecule has 188 valence electrons. The Morgan fingerprint density at radius 1 is 0.943 bits per heavy atom. The molecule has 0 bridgehead atoms. The van der Waals surface area contributed by atoms with Crippen LogP contribution in [-0.2, 0) is 12.4 Å². The molecule has 35 heavy (non-hydrogen) atoms. The zero-order valence-corrected chi connectivity index (χ0v) is 18.9. The van der Waals surface area contributed by atoms with Crippen molar-refractivity contribution in [1.29, 1.82) is 0 Å². The van der Waals surface area contributed by atoms with Gasteiger partial charge in [0.15, 0.2) is 0 Å². The van der Waals surface area contributed by atoms with Crippen molar-refractivity contribution in [3.8, 4) is 0 Å². The van der Waals surface area contributed by atoms with E-state index in [1.165, 1.54) is 12.8 Å². The first-order chi connectivity index (χ1) is 16.6. The monoisotopic (exact) mass is 496 g/mol. The van der Waals surface area contributed by atoms with Gasteiger partial charge in [-0.1, -0.05) is 18.2 Å². The van der Waals surface area contributed by atoms with Crippen molar-refractivity contribution in [3.05, 3.63) is 59.7 Å². The standard InChI is InChI=1S/C25H26F6N4/c26-24(27,28)17-9-10-21(19(13-17)25(29,30)31)35-23-14-22(18-7-1-2-8-20(18)34-23)33-12-4-6-16-5-3-11-32-15-16/h1-2,7-10,13-14,16,32H,3-6,11-12,15H2,(H2,33,34,35). The second-order valence-electron chi connectivity index (χ2n) is 8.73. The van der Waals surface area contributed by atoms with Crippen LogP contribution < -0.4 is 16.0 Å². The first-order valence-corrected chi connectivity index (χ1v) is 11.5. The topological polar surface area (TPSA) is 49.0 Å². The first-order valence-electron chi connectivity index (χ1n) is 11.5. The second kappa shape index (κ2) is 10.3. The van der Waals surface area contributed by atoms with Crippen LogP contribution in [0.5, 0.6) is 0 Å². The lowest BCUT2D eigenvalue weighted by Gasteiger charge is -2.22. The number of hydrogen-bond donors (Lipinski definition) is 3. The molecule has 1 aromatic heterocycles. The summed E-state index contributed by atoms with van der Waals surface area (Å²) in [4.78, 5) is 4.38. The van der Waals surface area contributed by atoms with Crippen molar-refractivity contribution in [1.82, 2.24) is 10.3 Å². The van der Waals surface area contributed by atoms with Crippen LogP contribution in [0.25, 0.3) is 10.9 Å². The molecular weight excluding hydrogens is 470 g/mol. The maximum absolute atomic E-state index is 13.6. The van der Waals surface area contributed by atoms with Crippen molar-refractivity contribution in [2.75, 3.05) is 30.3 Å². The number of nitrogens with one attached hydrogen (secondary N) is 3. The molecule has 1 atom stereocenters. The summed E-state index contributed by atoms with van der Waals surface area (Å²) in [5, 5.41) is 10.1. The van der Waals surface area contributed by atoms with Crippen LogP contribution in [0.2, 0.25) is 0 Å². The van der Waals surface area contributed by atoms with Crippen molar-refractivity contribution in [2.45, 2.75) is 38.0 Å². The van der Waals surface area contributed by atoms with Crippen LogP contribution in [0.3, 0.4) is 0 Å². The van der Waals surface area contributed by atoms with E-state index in [2.05, 4.69) is 20.9 Å². The summed E-state index contributed by atoms with van der Waals surface area (Å²) in [5.74, 6) is 0.741. The summed E-state index contributed by atoms with van der Waals surface area (Å²) in [6, 6.07) is 10.3. The SMILES string of the molecule is FC(F)(F)c1ccc(Nc2cc(NCCCC3CCCNC3)c3ccccc3n2)c(C(F)(F)F)c1. The number of anilines is 3. The molecule has 4 nitrogen and oxygen atoms in total. The predicted molar refractivity (Wildman–Crippen MR) is 125 cm³/mol. The number of para-hydroxylation sites is 1. The smallest absolute Gasteiger partial charge is 0.384 e. The Kier molecular flexibility index (Phi) is 7.39. The molecule has 2 aromatic carbocycles. The van der Waals surface area contributed by atoms with Gasteiger partial charge in [-0.2, -0.15) is 26.3 Å². The quantitative estimate of drug-likeness (QED) is 0.239. The van der Waals surface area contributed by atoms with Crippen LogP contribution in [0.15, 0.2) is 48.5 Å². The van der Waals surface area contributed by atoms with Gasteiger partial charge in [-0.3, -0.25) is 0 Å². The van der Waals surface area contributed by atoms with Crippen molar-refractivity contribution >= 4 is 28.1 Å². The summed E-state index contributed by atoms with van der Waals surface area (Å²) in [6.07, 6.45) is -5.49. The van der Waals surface area contributed by atoms with E-state index >= 15 is 0 Å². The van der Waals surface area contributed by atoms with Gasteiger partial charge in [0.25, 0.3) is 0 Å². The van der Waals surface area contributed by atoms with Gasteiger partial charge < -0.3 is 16.0 Å². The lowest BCUT2D eigenvalue weighted by molar-refractivity contribution is -0.142. The fourth-order valence-corrected chi connectivity index (χ4v) is 4.37. The normalized spacial score (nSPS) is 16.9. The van der Waals surface area contributed by atoms with Gasteiger partial charge in [0, 0.05) is 23.7 Å². The minimum Gasteiger partial charge on any atom is -0.384 e.